The Morgan fingerprint density at radius 3 is 2.52 bits per heavy atom. The maximum absolute atomic E-state index is 12.4. The minimum Gasteiger partial charge on any atom is -0.480 e. The van der Waals surface area contributed by atoms with Crippen molar-refractivity contribution in [2.45, 2.75) is 18.9 Å². The summed E-state index contributed by atoms with van der Waals surface area (Å²) >= 11 is 0. The monoisotopic (exact) mass is 300 g/mol. The SMILES string of the molecule is O=C(O)COCC(=O)N1CCCC1C(=O)N1CCOCC1. The van der Waals surface area contributed by atoms with Crippen LogP contribution in [0.15, 0.2) is 0 Å². The number of carbonyl (C=O) groups is 3. The highest BCUT2D eigenvalue weighted by molar-refractivity contribution is 5.88. The molecule has 0 aliphatic carbocycles. The van der Waals surface area contributed by atoms with Crippen LogP contribution in [0.4, 0.5) is 0 Å². The van der Waals surface area contributed by atoms with Gasteiger partial charge in [0.15, 0.2) is 0 Å². The first-order chi connectivity index (χ1) is 10.1. The number of carboxylic acids is 1. The van der Waals surface area contributed by atoms with E-state index in [9.17, 15) is 14.4 Å². The summed E-state index contributed by atoms with van der Waals surface area (Å²) in [4.78, 5) is 38.1. The van der Waals surface area contributed by atoms with Gasteiger partial charge < -0.3 is 24.4 Å². The second-order valence-electron chi connectivity index (χ2n) is 5.07. The molecule has 2 heterocycles. The van der Waals surface area contributed by atoms with Gasteiger partial charge >= 0.3 is 5.97 Å². The zero-order valence-corrected chi connectivity index (χ0v) is 11.8. The highest BCUT2D eigenvalue weighted by Crippen LogP contribution is 2.20. The van der Waals surface area contributed by atoms with Crippen LogP contribution in [0.3, 0.4) is 0 Å². The molecule has 1 atom stereocenters. The normalized spacial score (nSPS) is 22.4. The lowest BCUT2D eigenvalue weighted by atomic mass is 10.2. The number of carboxylic acid groups (broad SMARTS) is 1. The summed E-state index contributed by atoms with van der Waals surface area (Å²) in [6, 6.07) is -0.455. The van der Waals surface area contributed by atoms with Crippen LogP contribution >= 0.6 is 0 Å². The standard InChI is InChI=1S/C13H20N2O6/c16-11(8-21-9-12(17)18)15-3-1-2-10(15)13(19)14-4-6-20-7-5-14/h10H,1-9H2,(H,17,18). The number of aliphatic carboxylic acids is 1. The fraction of sp³-hybridized carbons (Fsp3) is 0.769. The van der Waals surface area contributed by atoms with Gasteiger partial charge in [0.2, 0.25) is 11.8 Å². The van der Waals surface area contributed by atoms with E-state index in [-0.39, 0.29) is 18.4 Å². The fourth-order valence-electron chi connectivity index (χ4n) is 2.63. The minimum atomic E-state index is -1.12. The predicted molar refractivity (Wildman–Crippen MR) is 70.6 cm³/mol. The van der Waals surface area contributed by atoms with Gasteiger partial charge in [0, 0.05) is 19.6 Å². The highest BCUT2D eigenvalue weighted by atomic mass is 16.5. The van der Waals surface area contributed by atoms with Gasteiger partial charge in [0.25, 0.3) is 0 Å². The summed E-state index contributed by atoms with van der Waals surface area (Å²) in [5.41, 5.74) is 0. The van der Waals surface area contributed by atoms with Crippen molar-refractivity contribution in [2.24, 2.45) is 0 Å². The molecule has 1 unspecified atom stereocenters. The number of hydrogen-bond acceptors (Lipinski definition) is 5. The van der Waals surface area contributed by atoms with E-state index in [4.69, 9.17) is 14.6 Å². The molecule has 21 heavy (non-hydrogen) atoms. The van der Waals surface area contributed by atoms with Crippen molar-refractivity contribution in [2.75, 3.05) is 46.1 Å². The number of carbonyl (C=O) groups excluding carboxylic acids is 2. The molecule has 0 aromatic rings. The first-order valence-corrected chi connectivity index (χ1v) is 7.05. The maximum atomic E-state index is 12.4. The van der Waals surface area contributed by atoms with Gasteiger partial charge in [0.1, 0.15) is 19.3 Å². The van der Waals surface area contributed by atoms with Crippen LogP contribution in [0.2, 0.25) is 0 Å². The molecule has 2 fully saturated rings. The lowest BCUT2D eigenvalue weighted by Crippen LogP contribution is -2.51. The van der Waals surface area contributed by atoms with E-state index < -0.39 is 18.6 Å². The van der Waals surface area contributed by atoms with Crippen LogP contribution in [0.1, 0.15) is 12.8 Å². The summed E-state index contributed by atoms with van der Waals surface area (Å²) in [6.45, 7) is 1.83. The highest BCUT2D eigenvalue weighted by Gasteiger charge is 2.36. The molecule has 0 aromatic carbocycles. The average Bonchev–Trinajstić information content (AvgIpc) is 2.96. The lowest BCUT2D eigenvalue weighted by Gasteiger charge is -2.32. The van der Waals surface area contributed by atoms with E-state index >= 15 is 0 Å². The van der Waals surface area contributed by atoms with E-state index in [1.54, 1.807) is 4.90 Å². The number of morpholine rings is 1. The Kier molecular flexibility index (Phi) is 5.51. The second kappa shape index (κ2) is 7.37. The van der Waals surface area contributed by atoms with Gasteiger partial charge in [-0.25, -0.2) is 4.79 Å². The third-order valence-corrected chi connectivity index (χ3v) is 3.63. The van der Waals surface area contributed by atoms with E-state index in [1.807, 2.05) is 0 Å². The summed E-state index contributed by atoms with van der Waals surface area (Å²) in [5, 5.41) is 8.48. The zero-order chi connectivity index (χ0) is 15.2. The van der Waals surface area contributed by atoms with Gasteiger partial charge in [-0.3, -0.25) is 9.59 Å². The molecule has 2 aliphatic heterocycles. The lowest BCUT2D eigenvalue weighted by molar-refractivity contribution is -0.151. The summed E-state index contributed by atoms with van der Waals surface area (Å²) in [5.74, 6) is -1.51. The Bertz CT molecular complexity index is 407. The Labute approximate surface area is 122 Å². The van der Waals surface area contributed by atoms with Crippen molar-refractivity contribution in [1.82, 2.24) is 9.80 Å². The molecule has 2 saturated heterocycles. The third-order valence-electron chi connectivity index (χ3n) is 3.63. The number of rotatable bonds is 5. The quantitative estimate of drug-likeness (QED) is 0.695. The molecule has 118 valence electrons. The van der Waals surface area contributed by atoms with Gasteiger partial charge in [-0.15, -0.1) is 0 Å². The molecule has 8 nitrogen and oxygen atoms in total. The third kappa shape index (κ3) is 4.15. The molecule has 8 heteroatoms. The molecule has 1 N–H and O–H groups in total. The van der Waals surface area contributed by atoms with Gasteiger partial charge in [-0.1, -0.05) is 0 Å². The number of amides is 2. The molecular formula is C13H20N2O6. The Hall–Kier alpha value is -1.67. The van der Waals surface area contributed by atoms with Crippen LogP contribution < -0.4 is 0 Å². The van der Waals surface area contributed by atoms with Crippen LogP contribution in [0, 0.1) is 0 Å². The van der Waals surface area contributed by atoms with Gasteiger partial charge in [-0.05, 0) is 12.8 Å². The topological polar surface area (TPSA) is 96.4 Å². The van der Waals surface area contributed by atoms with Crippen molar-refractivity contribution in [3.8, 4) is 0 Å². The summed E-state index contributed by atoms with van der Waals surface area (Å²) in [6.07, 6.45) is 1.41. The van der Waals surface area contributed by atoms with Gasteiger partial charge in [0.05, 0.1) is 13.2 Å². The van der Waals surface area contributed by atoms with E-state index in [2.05, 4.69) is 0 Å². The molecular weight excluding hydrogens is 280 g/mol. The second-order valence-corrected chi connectivity index (χ2v) is 5.07. The van der Waals surface area contributed by atoms with Crippen LogP contribution in [-0.2, 0) is 23.9 Å². The van der Waals surface area contributed by atoms with Crippen molar-refractivity contribution in [1.29, 1.82) is 0 Å². The van der Waals surface area contributed by atoms with E-state index in [0.29, 0.717) is 39.3 Å². The fourth-order valence-corrected chi connectivity index (χ4v) is 2.63. The smallest absolute Gasteiger partial charge is 0.329 e. The summed E-state index contributed by atoms with van der Waals surface area (Å²) < 4.78 is 10.0. The first-order valence-electron chi connectivity index (χ1n) is 7.05. The van der Waals surface area contributed by atoms with Crippen molar-refractivity contribution < 1.29 is 29.0 Å². The predicted octanol–water partition coefficient (Wildman–Crippen LogP) is -1.06. The number of hydrogen-bond donors (Lipinski definition) is 1. The van der Waals surface area contributed by atoms with Crippen molar-refractivity contribution >= 4 is 17.8 Å². The van der Waals surface area contributed by atoms with Crippen molar-refractivity contribution in [3.63, 3.8) is 0 Å². The summed E-state index contributed by atoms with van der Waals surface area (Å²) in [7, 11) is 0. The molecule has 2 amide bonds. The molecule has 2 aliphatic rings. The minimum absolute atomic E-state index is 0.0533. The molecule has 2 rings (SSSR count). The molecule has 0 aromatic heterocycles. The Morgan fingerprint density at radius 2 is 1.86 bits per heavy atom. The average molecular weight is 300 g/mol. The van der Waals surface area contributed by atoms with E-state index in [0.717, 1.165) is 6.42 Å². The number of likely N-dealkylation sites (tertiary alicyclic amines) is 1. The van der Waals surface area contributed by atoms with Crippen LogP contribution in [-0.4, -0.2) is 84.8 Å². The Morgan fingerprint density at radius 1 is 1.14 bits per heavy atom. The molecule has 0 spiro atoms. The number of ether oxygens (including phenoxy) is 2. The van der Waals surface area contributed by atoms with Crippen LogP contribution in [0.25, 0.3) is 0 Å². The Balaban J connectivity index is 1.88. The molecule has 0 bridgehead atoms. The maximum Gasteiger partial charge on any atom is 0.329 e. The van der Waals surface area contributed by atoms with Crippen molar-refractivity contribution in [3.05, 3.63) is 0 Å². The van der Waals surface area contributed by atoms with Crippen LogP contribution in [0.5, 0.6) is 0 Å². The molecule has 0 radical (unpaired) electrons. The number of nitrogens with zero attached hydrogens (tertiary/aromatic N) is 2. The van der Waals surface area contributed by atoms with Gasteiger partial charge in [-0.2, -0.15) is 0 Å². The largest absolute Gasteiger partial charge is 0.480 e. The van der Waals surface area contributed by atoms with E-state index in [1.165, 1.54) is 4.90 Å². The molecule has 0 saturated carbocycles. The first kappa shape index (κ1) is 15.7. The zero-order valence-electron chi connectivity index (χ0n) is 11.8.